The van der Waals surface area contributed by atoms with Crippen LogP contribution in [0, 0.1) is 6.92 Å². The first-order valence-corrected chi connectivity index (χ1v) is 8.96. The first kappa shape index (κ1) is 16.6. The normalized spacial score (nSPS) is 18.7. The van der Waals surface area contributed by atoms with E-state index in [9.17, 15) is 9.59 Å². The molecule has 1 aliphatic rings. The van der Waals surface area contributed by atoms with Crippen LogP contribution in [0.4, 0.5) is 0 Å². The quantitative estimate of drug-likeness (QED) is 0.657. The van der Waals surface area contributed by atoms with E-state index in [2.05, 4.69) is 4.98 Å². The van der Waals surface area contributed by atoms with Gasteiger partial charge in [-0.15, -0.1) is 11.3 Å². The molecule has 0 saturated carbocycles. The van der Waals surface area contributed by atoms with E-state index in [1.54, 1.807) is 25.1 Å². The molecule has 7 nitrogen and oxygen atoms in total. The van der Waals surface area contributed by atoms with E-state index in [1.165, 1.54) is 21.8 Å². The molecule has 0 amide bonds. The van der Waals surface area contributed by atoms with Crippen molar-refractivity contribution in [3.8, 4) is 11.5 Å². The van der Waals surface area contributed by atoms with Crippen LogP contribution in [0.25, 0.3) is 4.96 Å². The number of ether oxygens (including phenoxy) is 3. The van der Waals surface area contributed by atoms with Crippen molar-refractivity contribution < 1.29 is 19.0 Å². The van der Waals surface area contributed by atoms with Crippen molar-refractivity contribution in [1.29, 1.82) is 0 Å². The van der Waals surface area contributed by atoms with Gasteiger partial charge in [-0.1, -0.05) is 12.1 Å². The van der Waals surface area contributed by atoms with Crippen molar-refractivity contribution in [2.75, 3.05) is 0 Å². The molecular weight excluding hydrogens is 356 g/mol. The number of thiazole rings is 1. The molecule has 3 aromatic rings. The van der Waals surface area contributed by atoms with Crippen LogP contribution in [0.5, 0.6) is 11.5 Å². The van der Waals surface area contributed by atoms with E-state index in [1.807, 2.05) is 18.4 Å². The van der Waals surface area contributed by atoms with Crippen LogP contribution in [-0.2, 0) is 16.1 Å². The molecule has 0 bridgehead atoms. The molecule has 8 heteroatoms. The zero-order chi connectivity index (χ0) is 18.3. The average molecular weight is 372 g/mol. The van der Waals surface area contributed by atoms with E-state index in [0.29, 0.717) is 22.2 Å². The lowest BCUT2D eigenvalue weighted by Crippen LogP contribution is -2.44. The third kappa shape index (κ3) is 2.92. The maximum Gasteiger partial charge on any atom is 0.351 e. The Balaban J connectivity index is 1.48. The number of fused-ring (bicyclic) bond motifs is 2. The summed E-state index contributed by atoms with van der Waals surface area (Å²) in [6.07, 6.45) is -1.36. The maximum atomic E-state index is 12.4. The zero-order valence-corrected chi connectivity index (χ0v) is 15.0. The van der Waals surface area contributed by atoms with Crippen LogP contribution in [-0.4, -0.2) is 27.6 Å². The first-order chi connectivity index (χ1) is 12.5. The number of para-hydroxylation sites is 2. The SMILES string of the molecule is Cc1csc2nc(COC(=O)C3Oc4ccccc4OC3C)cc(=O)n12. The highest BCUT2D eigenvalue weighted by Crippen LogP contribution is 2.33. The number of aromatic nitrogens is 2. The van der Waals surface area contributed by atoms with Crippen LogP contribution in [0.2, 0.25) is 0 Å². The number of rotatable bonds is 3. The molecule has 0 radical (unpaired) electrons. The third-order valence-corrected chi connectivity index (χ3v) is 5.01. The summed E-state index contributed by atoms with van der Waals surface area (Å²) in [5, 5.41) is 1.85. The van der Waals surface area contributed by atoms with E-state index < -0.39 is 18.2 Å². The lowest BCUT2D eigenvalue weighted by atomic mass is 10.2. The summed E-state index contributed by atoms with van der Waals surface area (Å²) in [7, 11) is 0. The summed E-state index contributed by atoms with van der Waals surface area (Å²) >= 11 is 1.36. The van der Waals surface area contributed by atoms with Gasteiger partial charge < -0.3 is 14.2 Å². The number of esters is 1. The Morgan fingerprint density at radius 3 is 2.81 bits per heavy atom. The summed E-state index contributed by atoms with van der Waals surface area (Å²) in [5.41, 5.74) is 1.03. The lowest BCUT2D eigenvalue weighted by molar-refractivity contribution is -0.159. The molecule has 0 saturated heterocycles. The fourth-order valence-corrected chi connectivity index (χ4v) is 3.67. The second-order valence-electron chi connectivity index (χ2n) is 6.00. The van der Waals surface area contributed by atoms with Gasteiger partial charge in [0.05, 0.1) is 5.69 Å². The molecular formula is C18H16N2O5S. The van der Waals surface area contributed by atoms with Gasteiger partial charge in [0.15, 0.2) is 16.5 Å². The summed E-state index contributed by atoms with van der Waals surface area (Å²) in [6.45, 7) is 3.48. The summed E-state index contributed by atoms with van der Waals surface area (Å²) in [6, 6.07) is 8.52. The largest absolute Gasteiger partial charge is 0.482 e. The van der Waals surface area contributed by atoms with Crippen molar-refractivity contribution in [3.63, 3.8) is 0 Å². The highest BCUT2D eigenvalue weighted by molar-refractivity contribution is 7.15. The minimum Gasteiger partial charge on any atom is -0.482 e. The highest BCUT2D eigenvalue weighted by Gasteiger charge is 2.35. The number of nitrogens with zero attached hydrogens (tertiary/aromatic N) is 2. The predicted octanol–water partition coefficient (Wildman–Crippen LogP) is 2.34. The van der Waals surface area contributed by atoms with E-state index in [-0.39, 0.29) is 12.2 Å². The standard InChI is InChI=1S/C18H16N2O5S/c1-10-9-26-18-19-12(7-15(21)20(10)18)8-23-17(22)16-11(2)24-13-5-3-4-6-14(13)25-16/h3-7,9,11,16H,8H2,1-2H3. The van der Waals surface area contributed by atoms with Crippen LogP contribution in [0.3, 0.4) is 0 Å². The van der Waals surface area contributed by atoms with Gasteiger partial charge in [-0.2, -0.15) is 0 Å². The van der Waals surface area contributed by atoms with Gasteiger partial charge in [-0.25, -0.2) is 9.78 Å². The Hall–Kier alpha value is -2.87. The molecule has 3 heterocycles. The molecule has 1 aliphatic heterocycles. The molecule has 2 unspecified atom stereocenters. The Kier molecular flexibility index (Phi) is 4.12. The fourth-order valence-electron chi connectivity index (χ4n) is 2.78. The molecule has 134 valence electrons. The topological polar surface area (TPSA) is 79.1 Å². The minimum atomic E-state index is -0.876. The molecule has 0 N–H and O–H groups in total. The number of hydrogen-bond acceptors (Lipinski definition) is 7. The number of aryl methyl sites for hydroxylation is 1. The van der Waals surface area contributed by atoms with Gasteiger partial charge in [-0.3, -0.25) is 9.20 Å². The van der Waals surface area contributed by atoms with Gasteiger partial charge in [0.2, 0.25) is 6.10 Å². The van der Waals surface area contributed by atoms with Gasteiger partial charge in [0, 0.05) is 17.1 Å². The number of benzene rings is 1. The van der Waals surface area contributed by atoms with Gasteiger partial charge >= 0.3 is 5.97 Å². The number of carbonyl (C=O) groups excluding carboxylic acids is 1. The Morgan fingerprint density at radius 2 is 2.04 bits per heavy atom. The van der Waals surface area contributed by atoms with Crippen LogP contribution < -0.4 is 15.0 Å². The Bertz CT molecular complexity index is 1040. The fraction of sp³-hybridized carbons (Fsp3) is 0.278. The Morgan fingerprint density at radius 1 is 1.31 bits per heavy atom. The molecule has 2 aromatic heterocycles. The van der Waals surface area contributed by atoms with Crippen molar-refractivity contribution in [2.24, 2.45) is 0 Å². The van der Waals surface area contributed by atoms with Crippen molar-refractivity contribution in [2.45, 2.75) is 32.7 Å². The molecule has 26 heavy (non-hydrogen) atoms. The lowest BCUT2D eigenvalue weighted by Gasteiger charge is -2.30. The molecule has 0 aliphatic carbocycles. The summed E-state index contributed by atoms with van der Waals surface area (Å²) < 4.78 is 18.2. The minimum absolute atomic E-state index is 0.101. The van der Waals surface area contributed by atoms with Crippen molar-refractivity contribution in [1.82, 2.24) is 9.38 Å². The molecule has 4 rings (SSSR count). The third-order valence-electron chi connectivity index (χ3n) is 4.07. The zero-order valence-electron chi connectivity index (χ0n) is 14.2. The number of carbonyl (C=O) groups is 1. The van der Waals surface area contributed by atoms with Crippen LogP contribution in [0.1, 0.15) is 18.3 Å². The van der Waals surface area contributed by atoms with E-state index in [0.717, 1.165) is 5.69 Å². The van der Waals surface area contributed by atoms with Gasteiger partial charge in [-0.05, 0) is 26.0 Å². The van der Waals surface area contributed by atoms with Gasteiger partial charge in [0.25, 0.3) is 5.56 Å². The van der Waals surface area contributed by atoms with Crippen LogP contribution >= 0.6 is 11.3 Å². The van der Waals surface area contributed by atoms with Crippen molar-refractivity contribution >= 4 is 22.3 Å². The average Bonchev–Trinajstić information content (AvgIpc) is 3.00. The second kappa shape index (κ2) is 6.45. The highest BCUT2D eigenvalue weighted by atomic mass is 32.1. The van der Waals surface area contributed by atoms with E-state index in [4.69, 9.17) is 14.2 Å². The molecule has 2 atom stereocenters. The van der Waals surface area contributed by atoms with Crippen molar-refractivity contribution in [3.05, 3.63) is 57.5 Å². The molecule has 1 aromatic carbocycles. The van der Waals surface area contributed by atoms with Gasteiger partial charge in [0.1, 0.15) is 12.7 Å². The van der Waals surface area contributed by atoms with E-state index >= 15 is 0 Å². The number of hydrogen-bond donors (Lipinski definition) is 0. The smallest absolute Gasteiger partial charge is 0.351 e. The monoisotopic (exact) mass is 372 g/mol. The maximum absolute atomic E-state index is 12.4. The first-order valence-electron chi connectivity index (χ1n) is 8.08. The summed E-state index contributed by atoms with van der Waals surface area (Å²) in [5.74, 6) is 0.535. The predicted molar refractivity (Wildman–Crippen MR) is 94.8 cm³/mol. The van der Waals surface area contributed by atoms with Crippen LogP contribution in [0.15, 0.2) is 40.5 Å². The molecule has 0 spiro atoms. The second-order valence-corrected chi connectivity index (χ2v) is 6.83. The summed E-state index contributed by atoms with van der Waals surface area (Å²) in [4.78, 5) is 29.5. The Labute approximate surface area is 152 Å². The molecule has 0 fully saturated rings.